The van der Waals surface area contributed by atoms with E-state index in [0.29, 0.717) is 29.1 Å². The summed E-state index contributed by atoms with van der Waals surface area (Å²) < 4.78 is 4.90. The Kier molecular flexibility index (Phi) is 7.88. The first-order chi connectivity index (χ1) is 17.6. The van der Waals surface area contributed by atoms with Gasteiger partial charge >= 0.3 is 0 Å². The van der Waals surface area contributed by atoms with E-state index >= 15 is 0 Å². The van der Waals surface area contributed by atoms with Crippen molar-refractivity contribution in [3.8, 4) is 6.07 Å². The summed E-state index contributed by atoms with van der Waals surface area (Å²) in [6.45, 7) is 6.21. The molecule has 0 aliphatic carbocycles. The molecule has 9 nitrogen and oxygen atoms in total. The molecule has 3 N–H and O–H groups in total. The van der Waals surface area contributed by atoms with Gasteiger partial charge in [-0.05, 0) is 37.8 Å². The third-order valence-corrected chi connectivity index (χ3v) is 9.11. The molecule has 36 heavy (non-hydrogen) atoms. The van der Waals surface area contributed by atoms with Gasteiger partial charge in [0, 0.05) is 67.2 Å². The molecule has 2 unspecified atom stereocenters. The Morgan fingerprint density at radius 3 is 2.67 bits per heavy atom. The molecule has 0 amide bonds. The number of nitrogens with zero attached hydrogens (tertiary/aromatic N) is 6. The van der Waals surface area contributed by atoms with Crippen molar-refractivity contribution >= 4 is 51.1 Å². The largest absolute Gasteiger partial charge is 0.391 e. The maximum atomic E-state index is 9.36. The number of hydrogen-bond donors (Lipinski definition) is 3. The normalized spacial score (nSPS) is 23.3. The summed E-state index contributed by atoms with van der Waals surface area (Å²) in [7, 11) is 0. The first-order valence-corrected chi connectivity index (χ1v) is 14.1. The molecule has 11 heteroatoms. The van der Waals surface area contributed by atoms with Crippen LogP contribution in [0.3, 0.4) is 0 Å². The van der Waals surface area contributed by atoms with E-state index in [1.807, 2.05) is 24.3 Å². The number of aliphatic hydroxyl groups excluding tert-OH is 1. The van der Waals surface area contributed by atoms with E-state index in [1.54, 1.807) is 12.4 Å². The standard InChI is InChI=1S/C25H32N8OS2/c1-3-18-8-17(9-19(4-2)33(18)36-32-13-16(11-26)14-32)29-24-21-6-5-7-27-22(21)10-23(30-24)31-25-28-12-20(15-34)35-25/h5-7,10,12,16-19,34H,3-4,8-9,13-15H2,1-2H3,(H2,28,29,30,31). The summed E-state index contributed by atoms with van der Waals surface area (Å²) in [5.74, 6) is 1.68. The van der Waals surface area contributed by atoms with E-state index in [0.717, 1.165) is 60.4 Å². The van der Waals surface area contributed by atoms with Gasteiger partial charge < -0.3 is 15.7 Å². The van der Waals surface area contributed by atoms with Gasteiger partial charge in [0.1, 0.15) is 11.6 Å². The summed E-state index contributed by atoms with van der Waals surface area (Å²) in [5, 5.41) is 27.2. The van der Waals surface area contributed by atoms with Crippen molar-refractivity contribution in [1.82, 2.24) is 23.6 Å². The highest BCUT2D eigenvalue weighted by molar-refractivity contribution is 7.94. The van der Waals surface area contributed by atoms with Crippen LogP contribution in [0.2, 0.25) is 0 Å². The highest BCUT2D eigenvalue weighted by Gasteiger charge is 2.38. The van der Waals surface area contributed by atoms with Crippen LogP contribution in [0.25, 0.3) is 10.9 Å². The van der Waals surface area contributed by atoms with Gasteiger partial charge in [-0.1, -0.05) is 25.2 Å². The lowest BCUT2D eigenvalue weighted by Crippen LogP contribution is -2.52. The van der Waals surface area contributed by atoms with Crippen LogP contribution in [0.5, 0.6) is 0 Å². The molecule has 0 bridgehead atoms. The number of fused-ring (bicyclic) bond motifs is 1. The number of rotatable bonds is 9. The van der Waals surface area contributed by atoms with Gasteiger partial charge in [0.25, 0.3) is 0 Å². The highest BCUT2D eigenvalue weighted by Crippen LogP contribution is 2.38. The van der Waals surface area contributed by atoms with Crippen molar-refractivity contribution in [2.45, 2.75) is 64.3 Å². The van der Waals surface area contributed by atoms with E-state index in [9.17, 15) is 5.11 Å². The number of anilines is 3. The molecule has 3 aromatic heterocycles. The van der Waals surface area contributed by atoms with Crippen LogP contribution in [0.4, 0.5) is 16.8 Å². The number of piperidine rings is 1. The summed E-state index contributed by atoms with van der Waals surface area (Å²) in [6.07, 6.45) is 7.68. The summed E-state index contributed by atoms with van der Waals surface area (Å²) in [6, 6.07) is 9.51. The van der Waals surface area contributed by atoms with Gasteiger partial charge in [0.05, 0.1) is 29.0 Å². The lowest BCUT2D eigenvalue weighted by molar-refractivity contribution is 0.160. The molecule has 5 heterocycles. The maximum absolute atomic E-state index is 9.36. The van der Waals surface area contributed by atoms with E-state index < -0.39 is 0 Å². The van der Waals surface area contributed by atoms with E-state index in [4.69, 9.17) is 10.2 Å². The Hall–Kier alpha value is -2.49. The first-order valence-electron chi connectivity index (χ1n) is 12.6. The Bertz CT molecular complexity index is 1210. The fourth-order valence-corrected chi connectivity index (χ4v) is 7.09. The molecule has 2 saturated heterocycles. The van der Waals surface area contributed by atoms with Crippen LogP contribution in [0.1, 0.15) is 44.4 Å². The average molecular weight is 525 g/mol. The molecule has 0 saturated carbocycles. The SMILES string of the molecule is CCC1CC(Nc2nc(Nc3ncc(CO)s3)cc3ncccc23)CC(CC)N1SN1CC(C#N)C1. The molecule has 190 valence electrons. The summed E-state index contributed by atoms with van der Waals surface area (Å²) in [4.78, 5) is 14.6. The minimum atomic E-state index is -0.0241. The van der Waals surface area contributed by atoms with Crippen molar-refractivity contribution in [3.05, 3.63) is 35.5 Å². The average Bonchev–Trinajstić information content (AvgIpc) is 3.33. The molecule has 3 aromatic rings. The predicted molar refractivity (Wildman–Crippen MR) is 146 cm³/mol. The Balaban J connectivity index is 1.34. The van der Waals surface area contributed by atoms with Crippen molar-refractivity contribution in [3.63, 3.8) is 0 Å². The zero-order valence-electron chi connectivity index (χ0n) is 20.6. The van der Waals surface area contributed by atoms with Crippen LogP contribution in [-0.4, -0.2) is 59.9 Å². The molecule has 2 aliphatic heterocycles. The first kappa shape index (κ1) is 25.2. The number of hydrogen-bond acceptors (Lipinski definition) is 11. The van der Waals surface area contributed by atoms with E-state index in [2.05, 4.69) is 55.2 Å². The Morgan fingerprint density at radius 1 is 1.22 bits per heavy atom. The fraction of sp³-hybridized carbons (Fsp3) is 0.520. The number of aromatic nitrogens is 3. The molecule has 5 rings (SSSR count). The van der Waals surface area contributed by atoms with Crippen molar-refractivity contribution in [2.24, 2.45) is 5.92 Å². The summed E-state index contributed by atoms with van der Waals surface area (Å²) >= 11 is 3.25. The second-order valence-electron chi connectivity index (χ2n) is 9.39. The lowest BCUT2D eigenvalue weighted by atomic mass is 9.91. The number of nitriles is 1. The minimum absolute atomic E-state index is 0.0241. The maximum Gasteiger partial charge on any atom is 0.188 e. The monoisotopic (exact) mass is 524 g/mol. The van der Waals surface area contributed by atoms with Crippen LogP contribution in [0.15, 0.2) is 30.6 Å². The van der Waals surface area contributed by atoms with Crippen LogP contribution < -0.4 is 10.6 Å². The smallest absolute Gasteiger partial charge is 0.188 e. The second kappa shape index (κ2) is 11.3. The third kappa shape index (κ3) is 5.43. The molecular weight excluding hydrogens is 492 g/mol. The zero-order chi connectivity index (χ0) is 25.1. The predicted octanol–water partition coefficient (Wildman–Crippen LogP) is 4.77. The number of aliphatic hydroxyl groups is 1. The molecule has 0 spiro atoms. The number of pyridine rings is 2. The second-order valence-corrected chi connectivity index (χ2v) is 11.6. The topological polar surface area (TPSA) is 113 Å². The highest BCUT2D eigenvalue weighted by atomic mass is 32.2. The van der Waals surface area contributed by atoms with E-state index in [1.165, 1.54) is 11.3 Å². The van der Waals surface area contributed by atoms with Gasteiger partial charge in [0.2, 0.25) is 0 Å². The molecule has 0 radical (unpaired) electrons. The Morgan fingerprint density at radius 2 is 2.00 bits per heavy atom. The molecular formula is C25H32N8OS2. The van der Waals surface area contributed by atoms with Crippen LogP contribution >= 0.6 is 23.5 Å². The van der Waals surface area contributed by atoms with Gasteiger partial charge in [0.15, 0.2) is 5.13 Å². The fourth-order valence-electron chi connectivity index (χ4n) is 4.91. The molecule has 2 atom stereocenters. The van der Waals surface area contributed by atoms with Crippen molar-refractivity contribution in [1.29, 1.82) is 5.26 Å². The van der Waals surface area contributed by atoms with E-state index in [-0.39, 0.29) is 12.5 Å². The van der Waals surface area contributed by atoms with Gasteiger partial charge in [-0.25, -0.2) is 18.6 Å². The van der Waals surface area contributed by atoms with Gasteiger partial charge in [-0.3, -0.25) is 4.98 Å². The Labute approximate surface area is 220 Å². The van der Waals surface area contributed by atoms with Gasteiger partial charge in [-0.15, -0.1) is 0 Å². The van der Waals surface area contributed by atoms with Gasteiger partial charge in [-0.2, -0.15) is 5.26 Å². The third-order valence-electron chi connectivity index (χ3n) is 6.90. The number of nitrogens with one attached hydrogen (secondary N) is 2. The minimum Gasteiger partial charge on any atom is -0.391 e. The quantitative estimate of drug-likeness (QED) is 0.338. The van der Waals surface area contributed by atoms with Crippen molar-refractivity contribution in [2.75, 3.05) is 23.7 Å². The van der Waals surface area contributed by atoms with Crippen molar-refractivity contribution < 1.29 is 5.11 Å². The molecule has 0 aromatic carbocycles. The molecule has 2 fully saturated rings. The summed E-state index contributed by atoms with van der Waals surface area (Å²) in [5.41, 5.74) is 0.869. The van der Waals surface area contributed by atoms with Crippen LogP contribution in [0, 0.1) is 17.2 Å². The number of thiazole rings is 1. The van der Waals surface area contributed by atoms with Crippen LogP contribution in [-0.2, 0) is 6.61 Å². The molecule has 2 aliphatic rings. The lowest BCUT2D eigenvalue weighted by Gasteiger charge is -2.47. The zero-order valence-corrected chi connectivity index (χ0v) is 22.2.